The number of benzene rings is 1. The number of methoxy groups -OCH3 is 1. The van der Waals surface area contributed by atoms with Gasteiger partial charge in [0.15, 0.2) is 23.3 Å². The van der Waals surface area contributed by atoms with Crippen LogP contribution in [-0.2, 0) is 32.1 Å². The zero-order valence-electron chi connectivity index (χ0n) is 17.3. The minimum absolute atomic E-state index is 0.273. The van der Waals surface area contributed by atoms with Crippen molar-refractivity contribution in [1.29, 1.82) is 5.26 Å². The van der Waals surface area contributed by atoms with Crippen molar-refractivity contribution in [1.82, 2.24) is 0 Å². The van der Waals surface area contributed by atoms with Gasteiger partial charge >= 0.3 is 11.9 Å². The average Bonchev–Trinajstić information content (AvgIpc) is 3.19. The second-order valence-electron chi connectivity index (χ2n) is 7.97. The molecule has 6 nitrogen and oxygen atoms in total. The predicted molar refractivity (Wildman–Crippen MR) is 98.3 cm³/mol. The average molecular weight is 443 g/mol. The number of ether oxygens (including phenoxy) is 2. The molecule has 1 aromatic rings. The Hall–Kier alpha value is -2.93. The number of hydrogen-bond donors (Lipinski definition) is 1. The molecule has 1 aliphatic rings. The molecule has 31 heavy (non-hydrogen) atoms. The Bertz CT molecular complexity index is 971. The molecule has 0 aliphatic heterocycles. The molecule has 10 heteroatoms. The van der Waals surface area contributed by atoms with Gasteiger partial charge in [0.25, 0.3) is 0 Å². The first kappa shape index (κ1) is 24.3. The summed E-state index contributed by atoms with van der Waals surface area (Å²) in [5, 5.41) is 19.1. The van der Waals surface area contributed by atoms with Crippen molar-refractivity contribution in [3.8, 4) is 6.07 Å². The summed E-state index contributed by atoms with van der Waals surface area (Å²) < 4.78 is 67.7. The van der Waals surface area contributed by atoms with Crippen LogP contribution < -0.4 is 0 Å². The first-order chi connectivity index (χ1) is 14.3. The van der Waals surface area contributed by atoms with Gasteiger partial charge in [-0.15, -0.1) is 0 Å². The molecule has 0 amide bonds. The fraction of sp³-hybridized carbons (Fsp3) is 0.476. The number of halogens is 4. The topological polar surface area (TPSA) is 96.6 Å². The maximum Gasteiger partial charge on any atom is 0.311 e. The number of aliphatic carboxylic acids is 1. The van der Waals surface area contributed by atoms with Crippen molar-refractivity contribution in [3.63, 3.8) is 0 Å². The smallest absolute Gasteiger partial charge is 0.311 e. The lowest BCUT2D eigenvalue weighted by Gasteiger charge is -2.20. The summed E-state index contributed by atoms with van der Waals surface area (Å²) in [4.78, 5) is 23.8. The number of nitriles is 1. The van der Waals surface area contributed by atoms with Gasteiger partial charge in [-0.05, 0) is 11.8 Å². The minimum atomic E-state index is -2.00. The van der Waals surface area contributed by atoms with Crippen LogP contribution in [0.25, 0.3) is 0 Å². The third kappa shape index (κ3) is 3.67. The molecule has 0 bridgehead atoms. The van der Waals surface area contributed by atoms with Crippen LogP contribution in [0.3, 0.4) is 0 Å². The molecule has 0 radical (unpaired) electrons. The van der Waals surface area contributed by atoms with Crippen LogP contribution in [0, 0.1) is 51.3 Å². The highest BCUT2D eigenvalue weighted by atomic mass is 19.2. The maximum absolute atomic E-state index is 14.7. The van der Waals surface area contributed by atoms with Crippen molar-refractivity contribution in [3.05, 3.63) is 46.5 Å². The number of carboxylic acids is 1. The Kier molecular flexibility index (Phi) is 6.52. The lowest BCUT2D eigenvalue weighted by molar-refractivity contribution is -0.150. The highest BCUT2D eigenvalue weighted by Gasteiger charge is 2.79. The van der Waals surface area contributed by atoms with Gasteiger partial charge in [-0.25, -0.2) is 17.6 Å². The number of nitrogens with zero attached hydrogens (tertiary/aromatic N) is 1. The fourth-order valence-corrected chi connectivity index (χ4v) is 4.36. The second kappa shape index (κ2) is 8.30. The zero-order chi connectivity index (χ0) is 23.9. The van der Waals surface area contributed by atoms with Crippen LogP contribution in [0.2, 0.25) is 0 Å². The highest BCUT2D eigenvalue weighted by molar-refractivity contribution is 5.82. The van der Waals surface area contributed by atoms with Crippen LogP contribution in [0.5, 0.6) is 0 Å². The number of carboxylic acid groups (broad SMARTS) is 1. The molecule has 1 aliphatic carbocycles. The fourth-order valence-electron chi connectivity index (χ4n) is 4.36. The van der Waals surface area contributed by atoms with Crippen molar-refractivity contribution in [2.75, 3.05) is 7.11 Å². The standard InChI is InChI=1S/C21H21F4NO5/c1-9(7-26)17(31-10(2)27)18-20(3,4)21(18,19(28)29)6-11-13(22)15(24)12(8-30-5)16(25)14(11)23/h17-18H,1,6,8H2,2-5H3,(H,28,29). The van der Waals surface area contributed by atoms with E-state index in [9.17, 15) is 37.5 Å². The van der Waals surface area contributed by atoms with Crippen LogP contribution >= 0.6 is 0 Å². The lowest BCUT2D eigenvalue weighted by Crippen LogP contribution is -2.30. The Morgan fingerprint density at radius 1 is 1.16 bits per heavy atom. The van der Waals surface area contributed by atoms with E-state index in [1.54, 1.807) is 6.07 Å². The van der Waals surface area contributed by atoms with E-state index in [4.69, 9.17) is 4.74 Å². The SMILES string of the molecule is C=C(C#N)C(OC(C)=O)C1C(C)(C)C1(Cc1c(F)c(F)c(COC)c(F)c1F)C(=O)O. The molecule has 0 spiro atoms. The number of hydrogen-bond acceptors (Lipinski definition) is 5. The number of carbonyl (C=O) groups excluding carboxylic acids is 1. The van der Waals surface area contributed by atoms with Gasteiger partial charge in [-0.3, -0.25) is 9.59 Å². The molecule has 3 unspecified atom stereocenters. The summed E-state index contributed by atoms with van der Waals surface area (Å²) >= 11 is 0. The molecule has 3 atom stereocenters. The van der Waals surface area contributed by atoms with Crippen molar-refractivity contribution in [2.24, 2.45) is 16.7 Å². The molecule has 0 saturated heterocycles. The third-order valence-electron chi connectivity index (χ3n) is 6.03. The van der Waals surface area contributed by atoms with Gasteiger partial charge in [0, 0.05) is 25.5 Å². The summed E-state index contributed by atoms with van der Waals surface area (Å²) in [6.07, 6.45) is -2.35. The first-order valence-electron chi connectivity index (χ1n) is 9.11. The van der Waals surface area contributed by atoms with Gasteiger partial charge in [0.1, 0.15) is 6.10 Å². The Labute approximate surface area is 176 Å². The summed E-state index contributed by atoms with van der Waals surface area (Å²) in [6.45, 7) is 6.62. The Balaban J connectivity index is 2.65. The van der Waals surface area contributed by atoms with E-state index >= 15 is 0 Å². The van der Waals surface area contributed by atoms with Crippen molar-refractivity contribution >= 4 is 11.9 Å². The second-order valence-corrected chi connectivity index (χ2v) is 7.97. The molecule has 1 aromatic carbocycles. The summed E-state index contributed by atoms with van der Waals surface area (Å²) in [7, 11) is 1.08. The highest BCUT2D eigenvalue weighted by Crippen LogP contribution is 2.72. The van der Waals surface area contributed by atoms with Crippen LogP contribution in [0.1, 0.15) is 31.9 Å². The van der Waals surface area contributed by atoms with E-state index in [-0.39, 0.29) is 5.57 Å². The van der Waals surface area contributed by atoms with E-state index in [1.165, 1.54) is 13.8 Å². The largest absolute Gasteiger partial charge is 0.481 e. The molecule has 168 valence electrons. The van der Waals surface area contributed by atoms with Gasteiger partial charge in [0.2, 0.25) is 0 Å². The van der Waals surface area contributed by atoms with E-state index in [0.29, 0.717) is 0 Å². The molecule has 0 heterocycles. The van der Waals surface area contributed by atoms with Gasteiger partial charge < -0.3 is 14.6 Å². The van der Waals surface area contributed by atoms with E-state index in [2.05, 4.69) is 11.3 Å². The summed E-state index contributed by atoms with van der Waals surface area (Å²) in [5.41, 5.74) is -5.62. The van der Waals surface area contributed by atoms with Crippen LogP contribution in [0.4, 0.5) is 17.6 Å². The van der Waals surface area contributed by atoms with Crippen LogP contribution in [0.15, 0.2) is 12.2 Å². The Morgan fingerprint density at radius 3 is 2.03 bits per heavy atom. The molecule has 0 aromatic heterocycles. The first-order valence-corrected chi connectivity index (χ1v) is 9.11. The molecule has 1 fully saturated rings. The lowest BCUT2D eigenvalue weighted by atomic mass is 9.86. The minimum Gasteiger partial charge on any atom is -0.481 e. The third-order valence-corrected chi connectivity index (χ3v) is 6.03. The quantitative estimate of drug-likeness (QED) is 0.285. The summed E-state index contributed by atoms with van der Waals surface area (Å²) in [5.74, 6) is -10.4. The number of esters is 1. The van der Waals surface area contributed by atoms with Gasteiger partial charge in [-0.1, -0.05) is 20.4 Å². The van der Waals surface area contributed by atoms with Gasteiger partial charge in [0.05, 0.1) is 29.2 Å². The zero-order valence-corrected chi connectivity index (χ0v) is 17.3. The molecule has 1 N–H and O–H groups in total. The van der Waals surface area contributed by atoms with Gasteiger partial charge in [-0.2, -0.15) is 5.26 Å². The van der Waals surface area contributed by atoms with Crippen molar-refractivity contribution < 1.29 is 41.7 Å². The molecular formula is C21H21F4NO5. The monoisotopic (exact) mass is 443 g/mol. The maximum atomic E-state index is 14.7. The van der Waals surface area contributed by atoms with Crippen LogP contribution in [-0.4, -0.2) is 30.3 Å². The molecule has 2 rings (SSSR count). The molecular weight excluding hydrogens is 422 g/mol. The normalized spacial score (nSPS) is 22.4. The predicted octanol–water partition coefficient (Wildman–Crippen LogP) is 3.67. The number of rotatable bonds is 8. The summed E-state index contributed by atoms with van der Waals surface area (Å²) in [6, 6.07) is 1.69. The number of carbonyl (C=O) groups is 2. The molecule has 1 saturated carbocycles. The van der Waals surface area contributed by atoms with E-state index in [0.717, 1.165) is 14.0 Å². The van der Waals surface area contributed by atoms with E-state index < -0.39 is 82.2 Å². The Morgan fingerprint density at radius 2 is 1.65 bits per heavy atom. The van der Waals surface area contributed by atoms with Crippen molar-refractivity contribution in [2.45, 2.75) is 39.9 Å². The van der Waals surface area contributed by atoms with E-state index in [1.807, 2.05) is 0 Å².